The summed E-state index contributed by atoms with van der Waals surface area (Å²) in [5.41, 5.74) is 1.78. The Labute approximate surface area is 150 Å². The first-order valence-electron chi connectivity index (χ1n) is 8.39. The molecule has 0 spiro atoms. The lowest BCUT2D eigenvalue weighted by Gasteiger charge is -2.20. The fourth-order valence-corrected chi connectivity index (χ4v) is 3.07. The second kappa shape index (κ2) is 7.68. The van der Waals surface area contributed by atoms with Crippen molar-refractivity contribution in [2.75, 3.05) is 6.61 Å². The molecule has 0 saturated heterocycles. The molecule has 0 saturated carbocycles. The molecule has 0 fully saturated rings. The molecule has 2 atom stereocenters. The number of carbonyl (C=O) groups excluding carboxylic acids is 1. The number of hydrogen-bond donors (Lipinski definition) is 3. The van der Waals surface area contributed by atoms with Crippen LogP contribution in [0, 0.1) is 5.82 Å². The van der Waals surface area contributed by atoms with Crippen LogP contribution in [0.25, 0.3) is 10.9 Å². The average molecular weight is 356 g/mol. The van der Waals surface area contributed by atoms with Crippen molar-refractivity contribution in [3.8, 4) is 0 Å². The standard InChI is InChI=1S/C20H21FN2O3/c1-23-11-17(16-9-14(21)7-8-18(16)23)20(26)22-15(12-24)10-19(25)13-5-3-2-4-6-13/h2-9,11,15,19,24-25H,10,12H2,1H3,(H,22,26). The van der Waals surface area contributed by atoms with Gasteiger partial charge in [-0.05, 0) is 30.2 Å². The van der Waals surface area contributed by atoms with Gasteiger partial charge in [-0.3, -0.25) is 4.79 Å². The van der Waals surface area contributed by atoms with Crippen LogP contribution in [0.2, 0.25) is 0 Å². The van der Waals surface area contributed by atoms with Gasteiger partial charge in [0.15, 0.2) is 0 Å². The van der Waals surface area contributed by atoms with Crippen molar-refractivity contribution in [3.63, 3.8) is 0 Å². The Bertz CT molecular complexity index is 908. The highest BCUT2D eigenvalue weighted by Gasteiger charge is 2.21. The molecule has 2 unspecified atom stereocenters. The maximum Gasteiger partial charge on any atom is 0.253 e. The van der Waals surface area contributed by atoms with Gasteiger partial charge in [0.2, 0.25) is 0 Å². The first-order valence-corrected chi connectivity index (χ1v) is 8.39. The third kappa shape index (κ3) is 3.76. The second-order valence-electron chi connectivity index (χ2n) is 6.33. The summed E-state index contributed by atoms with van der Waals surface area (Å²) in [6.45, 7) is -0.311. The minimum Gasteiger partial charge on any atom is -0.394 e. The summed E-state index contributed by atoms with van der Waals surface area (Å²) in [5.74, 6) is -0.837. The van der Waals surface area contributed by atoms with Gasteiger partial charge in [0.1, 0.15) is 5.82 Å². The van der Waals surface area contributed by atoms with Crippen molar-refractivity contribution in [2.24, 2.45) is 7.05 Å². The van der Waals surface area contributed by atoms with Crippen molar-refractivity contribution >= 4 is 16.8 Å². The lowest BCUT2D eigenvalue weighted by molar-refractivity contribution is 0.0867. The molecule has 6 heteroatoms. The van der Waals surface area contributed by atoms with Crippen LogP contribution in [0.5, 0.6) is 0 Å². The fourth-order valence-electron chi connectivity index (χ4n) is 3.07. The predicted molar refractivity (Wildman–Crippen MR) is 97.2 cm³/mol. The number of fused-ring (bicyclic) bond motifs is 1. The number of aliphatic hydroxyl groups excluding tert-OH is 2. The van der Waals surface area contributed by atoms with E-state index in [0.717, 1.165) is 5.52 Å². The number of benzene rings is 2. The van der Waals surface area contributed by atoms with Crippen LogP contribution in [-0.2, 0) is 7.05 Å². The molecule has 5 nitrogen and oxygen atoms in total. The van der Waals surface area contributed by atoms with Crippen LogP contribution in [0.3, 0.4) is 0 Å². The summed E-state index contributed by atoms with van der Waals surface area (Å²) >= 11 is 0. The zero-order valence-corrected chi connectivity index (χ0v) is 14.4. The van der Waals surface area contributed by atoms with E-state index in [9.17, 15) is 19.4 Å². The minimum atomic E-state index is -0.807. The van der Waals surface area contributed by atoms with Crippen LogP contribution < -0.4 is 5.32 Å². The molecule has 136 valence electrons. The number of aryl methyl sites for hydroxylation is 1. The van der Waals surface area contributed by atoms with E-state index >= 15 is 0 Å². The summed E-state index contributed by atoms with van der Waals surface area (Å²) in [6, 6.07) is 12.7. The van der Waals surface area contributed by atoms with E-state index in [1.807, 2.05) is 18.2 Å². The number of hydrogen-bond acceptors (Lipinski definition) is 3. The average Bonchev–Trinajstić information content (AvgIpc) is 2.97. The maximum absolute atomic E-state index is 13.6. The van der Waals surface area contributed by atoms with Gasteiger partial charge in [0, 0.05) is 24.1 Å². The van der Waals surface area contributed by atoms with Crippen LogP contribution in [0.4, 0.5) is 4.39 Å². The lowest BCUT2D eigenvalue weighted by atomic mass is 10.0. The Morgan fingerprint density at radius 3 is 2.65 bits per heavy atom. The monoisotopic (exact) mass is 356 g/mol. The van der Waals surface area contributed by atoms with Crippen LogP contribution in [0.1, 0.15) is 28.4 Å². The Balaban J connectivity index is 1.77. The van der Waals surface area contributed by atoms with E-state index < -0.39 is 23.9 Å². The van der Waals surface area contributed by atoms with Crippen molar-refractivity contribution in [1.82, 2.24) is 9.88 Å². The van der Waals surface area contributed by atoms with Crippen molar-refractivity contribution in [1.29, 1.82) is 0 Å². The van der Waals surface area contributed by atoms with E-state index in [4.69, 9.17) is 0 Å². The molecular formula is C20H21FN2O3. The molecule has 0 aliphatic rings. The van der Waals surface area contributed by atoms with E-state index in [0.29, 0.717) is 16.5 Å². The molecule has 3 N–H and O–H groups in total. The molecule has 1 aromatic heterocycles. The van der Waals surface area contributed by atoms with Gasteiger partial charge >= 0.3 is 0 Å². The van der Waals surface area contributed by atoms with Gasteiger partial charge < -0.3 is 20.1 Å². The zero-order chi connectivity index (χ0) is 18.7. The molecular weight excluding hydrogens is 335 g/mol. The van der Waals surface area contributed by atoms with Gasteiger partial charge in [-0.15, -0.1) is 0 Å². The molecule has 0 radical (unpaired) electrons. The number of rotatable bonds is 6. The highest BCUT2D eigenvalue weighted by molar-refractivity contribution is 6.07. The molecule has 1 heterocycles. The van der Waals surface area contributed by atoms with Gasteiger partial charge in [-0.25, -0.2) is 4.39 Å². The van der Waals surface area contributed by atoms with E-state index in [-0.39, 0.29) is 13.0 Å². The van der Waals surface area contributed by atoms with E-state index in [2.05, 4.69) is 5.32 Å². The molecule has 3 aromatic rings. The number of nitrogens with zero attached hydrogens (tertiary/aromatic N) is 1. The van der Waals surface area contributed by atoms with E-state index in [1.54, 1.807) is 36.0 Å². The van der Waals surface area contributed by atoms with Crippen molar-refractivity contribution in [3.05, 3.63) is 71.7 Å². The van der Waals surface area contributed by atoms with Gasteiger partial charge in [0.25, 0.3) is 5.91 Å². The highest BCUT2D eigenvalue weighted by atomic mass is 19.1. The topological polar surface area (TPSA) is 74.5 Å². The van der Waals surface area contributed by atoms with Gasteiger partial charge in [-0.2, -0.15) is 0 Å². The summed E-state index contributed by atoms with van der Waals surface area (Å²) in [7, 11) is 1.78. The maximum atomic E-state index is 13.6. The molecule has 0 bridgehead atoms. The number of halogens is 1. The Kier molecular flexibility index (Phi) is 5.35. The Morgan fingerprint density at radius 1 is 1.23 bits per heavy atom. The first-order chi connectivity index (χ1) is 12.5. The summed E-state index contributed by atoms with van der Waals surface area (Å²) in [6.07, 6.45) is 0.992. The highest BCUT2D eigenvalue weighted by Crippen LogP contribution is 2.23. The number of amides is 1. The third-order valence-electron chi connectivity index (χ3n) is 4.44. The molecule has 2 aromatic carbocycles. The SMILES string of the molecule is Cn1cc(C(=O)NC(CO)CC(O)c2ccccc2)c2cc(F)ccc21. The zero-order valence-electron chi connectivity index (χ0n) is 14.4. The quantitative estimate of drug-likeness (QED) is 0.635. The van der Waals surface area contributed by atoms with Gasteiger partial charge in [0.05, 0.1) is 24.3 Å². The number of carbonyl (C=O) groups is 1. The van der Waals surface area contributed by atoms with Crippen LogP contribution in [0.15, 0.2) is 54.7 Å². The summed E-state index contributed by atoms with van der Waals surface area (Å²) in [4.78, 5) is 12.6. The predicted octanol–water partition coefficient (Wildman–Crippen LogP) is 2.53. The summed E-state index contributed by atoms with van der Waals surface area (Å²) < 4.78 is 15.3. The Hall–Kier alpha value is -2.70. The number of nitrogens with one attached hydrogen (secondary N) is 1. The first kappa shape index (κ1) is 18.1. The number of aliphatic hydroxyl groups is 2. The van der Waals surface area contributed by atoms with Crippen molar-refractivity contribution < 1.29 is 19.4 Å². The molecule has 3 rings (SSSR count). The van der Waals surface area contributed by atoms with Crippen LogP contribution in [-0.4, -0.2) is 33.3 Å². The molecule has 26 heavy (non-hydrogen) atoms. The molecule has 0 aliphatic heterocycles. The summed E-state index contributed by atoms with van der Waals surface area (Å²) in [5, 5.41) is 23.1. The normalized spacial score (nSPS) is 13.5. The minimum absolute atomic E-state index is 0.172. The number of aromatic nitrogens is 1. The van der Waals surface area contributed by atoms with Gasteiger partial charge in [-0.1, -0.05) is 30.3 Å². The molecule has 1 amide bonds. The second-order valence-corrected chi connectivity index (χ2v) is 6.33. The smallest absolute Gasteiger partial charge is 0.253 e. The van der Waals surface area contributed by atoms with Crippen molar-refractivity contribution in [2.45, 2.75) is 18.6 Å². The lowest BCUT2D eigenvalue weighted by Crippen LogP contribution is -2.38. The largest absolute Gasteiger partial charge is 0.394 e. The van der Waals surface area contributed by atoms with Crippen LogP contribution >= 0.6 is 0 Å². The van der Waals surface area contributed by atoms with E-state index in [1.165, 1.54) is 12.1 Å². The molecule has 0 aliphatic carbocycles. The fraction of sp³-hybridized carbons (Fsp3) is 0.250. The third-order valence-corrected chi connectivity index (χ3v) is 4.44. The Morgan fingerprint density at radius 2 is 1.96 bits per heavy atom.